The smallest absolute Gasteiger partial charge is 0.278 e. The van der Waals surface area contributed by atoms with Crippen LogP contribution in [-0.2, 0) is 0 Å². The fourth-order valence-corrected chi connectivity index (χ4v) is 0.954. The predicted molar refractivity (Wildman–Crippen MR) is 45.4 cm³/mol. The zero-order valence-electron chi connectivity index (χ0n) is 6.48. The van der Waals surface area contributed by atoms with E-state index >= 15 is 0 Å². The molecule has 13 heavy (non-hydrogen) atoms. The standard InChI is InChI=1S/C5H7N7O/c6-12(7)5-10-3-2(4(13)11-5)8-1-9-3/h1H,6-7H2,(H2,8,9,10,11,13). The number of anilines is 1. The second kappa shape index (κ2) is 2.54. The van der Waals surface area contributed by atoms with Gasteiger partial charge in [-0.3, -0.25) is 9.78 Å². The largest absolute Gasteiger partial charge is 0.339 e. The molecule has 0 aromatic carbocycles. The van der Waals surface area contributed by atoms with Crippen LogP contribution in [0.4, 0.5) is 5.95 Å². The van der Waals surface area contributed by atoms with Crippen molar-refractivity contribution in [3.05, 3.63) is 16.7 Å². The summed E-state index contributed by atoms with van der Waals surface area (Å²) in [5.41, 5.74) is 0.212. The predicted octanol–water partition coefficient (Wildman–Crippen LogP) is -1.80. The number of fused-ring (bicyclic) bond motifs is 1. The molecule has 0 saturated carbocycles. The molecule has 0 bridgehead atoms. The average molecular weight is 181 g/mol. The number of aromatic amines is 2. The molecule has 0 radical (unpaired) electrons. The van der Waals surface area contributed by atoms with Crippen LogP contribution in [0, 0.1) is 0 Å². The SMILES string of the molecule is NN(N)c1nc2nc[nH]c2c(=O)[nH]1. The molecule has 6 N–H and O–H groups in total. The second-order valence-corrected chi connectivity index (χ2v) is 2.40. The summed E-state index contributed by atoms with van der Waals surface area (Å²) in [7, 11) is 0. The van der Waals surface area contributed by atoms with E-state index in [-0.39, 0.29) is 17.2 Å². The van der Waals surface area contributed by atoms with Crippen molar-refractivity contribution in [1.82, 2.24) is 19.9 Å². The van der Waals surface area contributed by atoms with Crippen molar-refractivity contribution in [3.63, 3.8) is 0 Å². The van der Waals surface area contributed by atoms with Crippen LogP contribution in [0.2, 0.25) is 0 Å². The first kappa shape index (κ1) is 7.71. The summed E-state index contributed by atoms with van der Waals surface area (Å²) in [5.74, 6) is 10.4. The van der Waals surface area contributed by atoms with Crippen molar-refractivity contribution >= 4 is 17.1 Å². The highest BCUT2D eigenvalue weighted by Gasteiger charge is 2.06. The van der Waals surface area contributed by atoms with Crippen LogP contribution in [0.5, 0.6) is 0 Å². The summed E-state index contributed by atoms with van der Waals surface area (Å²) in [6.45, 7) is 0. The molecule has 2 heterocycles. The minimum atomic E-state index is -0.363. The molecule has 8 heteroatoms. The third kappa shape index (κ3) is 1.13. The Morgan fingerprint density at radius 3 is 2.92 bits per heavy atom. The summed E-state index contributed by atoms with van der Waals surface area (Å²) < 4.78 is 0. The summed E-state index contributed by atoms with van der Waals surface area (Å²) in [6, 6.07) is 0. The molecule has 0 aliphatic carbocycles. The molecule has 0 atom stereocenters. The van der Waals surface area contributed by atoms with E-state index in [4.69, 9.17) is 11.7 Å². The lowest BCUT2D eigenvalue weighted by atomic mass is 10.5. The van der Waals surface area contributed by atoms with Gasteiger partial charge in [-0.25, -0.2) is 21.8 Å². The van der Waals surface area contributed by atoms with Gasteiger partial charge in [0.05, 0.1) is 6.33 Å². The summed E-state index contributed by atoms with van der Waals surface area (Å²) in [6.07, 6.45) is 1.37. The zero-order chi connectivity index (χ0) is 9.42. The number of hydrogen-bond acceptors (Lipinski definition) is 6. The van der Waals surface area contributed by atoms with Crippen LogP contribution in [0.3, 0.4) is 0 Å². The Labute approximate surface area is 71.5 Å². The Bertz CT molecular complexity index is 483. The third-order valence-corrected chi connectivity index (χ3v) is 1.53. The number of hydrazine groups is 2. The van der Waals surface area contributed by atoms with Gasteiger partial charge in [0.2, 0.25) is 5.95 Å². The molecule has 2 rings (SSSR count). The molecular formula is C5H7N7O. The van der Waals surface area contributed by atoms with E-state index in [9.17, 15) is 4.79 Å². The number of hydrogen-bond donors (Lipinski definition) is 4. The average Bonchev–Trinajstić information content (AvgIpc) is 2.51. The maximum absolute atomic E-state index is 11.3. The monoisotopic (exact) mass is 181 g/mol. The minimum Gasteiger partial charge on any atom is -0.339 e. The Kier molecular flexibility index (Phi) is 1.50. The number of rotatable bonds is 1. The van der Waals surface area contributed by atoms with Crippen molar-refractivity contribution in [2.45, 2.75) is 0 Å². The van der Waals surface area contributed by atoms with Gasteiger partial charge in [-0.1, -0.05) is 0 Å². The van der Waals surface area contributed by atoms with Crippen LogP contribution < -0.4 is 22.4 Å². The van der Waals surface area contributed by atoms with Gasteiger partial charge in [0.1, 0.15) is 0 Å². The normalized spacial score (nSPS) is 10.6. The maximum atomic E-state index is 11.3. The first-order valence-corrected chi connectivity index (χ1v) is 3.41. The van der Waals surface area contributed by atoms with E-state index in [1.807, 2.05) is 0 Å². The van der Waals surface area contributed by atoms with Crippen LogP contribution >= 0.6 is 0 Å². The van der Waals surface area contributed by atoms with Gasteiger partial charge in [0.15, 0.2) is 11.2 Å². The zero-order valence-corrected chi connectivity index (χ0v) is 6.48. The lowest BCUT2D eigenvalue weighted by Crippen LogP contribution is -2.40. The molecule has 0 saturated heterocycles. The molecule has 0 unspecified atom stereocenters. The van der Waals surface area contributed by atoms with E-state index in [1.54, 1.807) is 0 Å². The number of aromatic nitrogens is 4. The number of nitrogens with zero attached hydrogens (tertiary/aromatic N) is 3. The van der Waals surface area contributed by atoms with Crippen LogP contribution in [0.1, 0.15) is 0 Å². The highest BCUT2D eigenvalue weighted by atomic mass is 16.1. The van der Waals surface area contributed by atoms with Crippen LogP contribution in [0.15, 0.2) is 11.1 Å². The quantitative estimate of drug-likeness (QED) is 0.303. The maximum Gasteiger partial charge on any atom is 0.278 e. The number of H-pyrrole nitrogens is 2. The van der Waals surface area contributed by atoms with Gasteiger partial charge in [-0.2, -0.15) is 4.98 Å². The van der Waals surface area contributed by atoms with Gasteiger partial charge >= 0.3 is 0 Å². The lowest BCUT2D eigenvalue weighted by molar-refractivity contribution is 0.861. The minimum absolute atomic E-state index is 0.0598. The van der Waals surface area contributed by atoms with E-state index < -0.39 is 0 Å². The van der Waals surface area contributed by atoms with Gasteiger partial charge in [0, 0.05) is 0 Å². The third-order valence-electron chi connectivity index (χ3n) is 1.53. The van der Waals surface area contributed by atoms with Crippen molar-refractivity contribution < 1.29 is 0 Å². The van der Waals surface area contributed by atoms with Gasteiger partial charge < -0.3 is 4.98 Å². The van der Waals surface area contributed by atoms with Crippen molar-refractivity contribution in [2.75, 3.05) is 5.12 Å². The fourth-order valence-electron chi connectivity index (χ4n) is 0.954. The highest BCUT2D eigenvalue weighted by Crippen LogP contribution is 2.02. The van der Waals surface area contributed by atoms with Crippen LogP contribution in [0.25, 0.3) is 11.2 Å². The highest BCUT2D eigenvalue weighted by molar-refractivity contribution is 5.69. The topological polar surface area (TPSA) is 130 Å². The van der Waals surface area contributed by atoms with E-state index in [0.29, 0.717) is 5.52 Å². The van der Waals surface area contributed by atoms with Crippen molar-refractivity contribution in [2.24, 2.45) is 11.7 Å². The molecule has 0 fully saturated rings. The molecule has 0 aliphatic rings. The number of imidazole rings is 1. The van der Waals surface area contributed by atoms with Gasteiger partial charge in [-0.15, -0.1) is 0 Å². The molecule has 68 valence electrons. The summed E-state index contributed by atoms with van der Waals surface area (Å²) in [4.78, 5) is 23.9. The Hall–Kier alpha value is -1.93. The van der Waals surface area contributed by atoms with Gasteiger partial charge in [0.25, 0.3) is 5.56 Å². The van der Waals surface area contributed by atoms with E-state index in [0.717, 1.165) is 5.12 Å². The summed E-state index contributed by atoms with van der Waals surface area (Å²) >= 11 is 0. The van der Waals surface area contributed by atoms with Gasteiger partial charge in [-0.05, 0) is 0 Å². The molecule has 0 amide bonds. The fraction of sp³-hybridized carbons (Fsp3) is 0. The number of nitrogens with one attached hydrogen (secondary N) is 2. The van der Waals surface area contributed by atoms with Crippen LogP contribution in [-0.4, -0.2) is 19.9 Å². The Morgan fingerprint density at radius 1 is 1.46 bits per heavy atom. The molecule has 2 aromatic heterocycles. The van der Waals surface area contributed by atoms with E-state index in [2.05, 4.69) is 19.9 Å². The lowest BCUT2D eigenvalue weighted by Gasteiger charge is -2.07. The second-order valence-electron chi connectivity index (χ2n) is 2.40. The summed E-state index contributed by atoms with van der Waals surface area (Å²) in [5, 5.41) is 0.718. The molecule has 8 nitrogen and oxygen atoms in total. The van der Waals surface area contributed by atoms with Crippen molar-refractivity contribution in [3.8, 4) is 0 Å². The molecular weight excluding hydrogens is 174 g/mol. The Balaban J connectivity index is 2.77. The molecule has 0 aliphatic heterocycles. The van der Waals surface area contributed by atoms with E-state index in [1.165, 1.54) is 6.33 Å². The first-order chi connectivity index (χ1) is 6.18. The van der Waals surface area contributed by atoms with Crippen molar-refractivity contribution in [1.29, 1.82) is 0 Å². The number of nitrogens with two attached hydrogens (primary N) is 2. The molecule has 0 spiro atoms. The Morgan fingerprint density at radius 2 is 2.23 bits per heavy atom. The first-order valence-electron chi connectivity index (χ1n) is 3.41. The molecule has 2 aromatic rings.